The molecule has 0 aromatic rings. The Balaban J connectivity index is 1.92. The lowest BCUT2D eigenvalue weighted by atomic mass is 9.99. The van der Waals surface area contributed by atoms with Crippen molar-refractivity contribution in [2.24, 2.45) is 16.8 Å². The van der Waals surface area contributed by atoms with Crippen molar-refractivity contribution < 1.29 is 9.59 Å². The average Bonchev–Trinajstić information content (AvgIpc) is 3.43. The molecule has 1 saturated heterocycles. The van der Waals surface area contributed by atoms with E-state index in [1.54, 1.807) is 19.0 Å². The minimum absolute atomic E-state index is 0.0152. The van der Waals surface area contributed by atoms with Gasteiger partial charge in [0.15, 0.2) is 5.96 Å². The predicted octanol–water partition coefficient (Wildman–Crippen LogP) is 2.62. The van der Waals surface area contributed by atoms with Gasteiger partial charge in [-0.25, -0.2) is 4.99 Å². The first-order valence-corrected chi connectivity index (χ1v) is 12.0. The minimum atomic E-state index is -0.0152. The second-order valence-electron chi connectivity index (χ2n) is 9.15. The number of nitrogens with one attached hydrogen (secondary N) is 2. The maximum absolute atomic E-state index is 12.7. The predicted molar refractivity (Wildman–Crippen MR) is 122 cm³/mol. The summed E-state index contributed by atoms with van der Waals surface area (Å²) in [4.78, 5) is 32.9. The Morgan fingerprint density at radius 3 is 2.53 bits per heavy atom. The molecule has 7 heteroatoms. The number of rotatable bonds is 10. The van der Waals surface area contributed by atoms with Gasteiger partial charge < -0.3 is 20.4 Å². The number of hydrogen-bond donors (Lipinski definition) is 2. The molecule has 2 unspecified atom stereocenters. The smallest absolute Gasteiger partial charge is 0.243 e. The van der Waals surface area contributed by atoms with Gasteiger partial charge in [0.05, 0.1) is 0 Å². The maximum atomic E-state index is 12.7. The number of guanidine groups is 1. The van der Waals surface area contributed by atoms with Crippen molar-refractivity contribution in [1.82, 2.24) is 20.4 Å². The van der Waals surface area contributed by atoms with Crippen LogP contribution in [-0.2, 0) is 9.59 Å². The number of likely N-dealkylation sites (tertiary alicyclic amines) is 1. The quantitative estimate of drug-likeness (QED) is 0.420. The number of unbranched alkanes of at least 4 members (excludes halogenated alkanes) is 1. The highest BCUT2D eigenvalue weighted by molar-refractivity contribution is 5.85. The van der Waals surface area contributed by atoms with Gasteiger partial charge in [0.1, 0.15) is 6.54 Å². The Labute approximate surface area is 183 Å². The van der Waals surface area contributed by atoms with E-state index in [9.17, 15) is 9.59 Å². The van der Waals surface area contributed by atoms with Gasteiger partial charge in [-0.2, -0.15) is 0 Å². The van der Waals surface area contributed by atoms with Crippen LogP contribution in [0.3, 0.4) is 0 Å². The van der Waals surface area contributed by atoms with E-state index in [0.29, 0.717) is 17.8 Å². The number of amides is 2. The molecule has 172 valence electrons. The van der Waals surface area contributed by atoms with Gasteiger partial charge in [0, 0.05) is 45.7 Å². The Morgan fingerprint density at radius 2 is 1.90 bits per heavy atom. The van der Waals surface area contributed by atoms with Crippen LogP contribution in [0.2, 0.25) is 0 Å². The molecule has 1 heterocycles. The van der Waals surface area contributed by atoms with Crippen LogP contribution < -0.4 is 10.6 Å². The van der Waals surface area contributed by atoms with E-state index in [-0.39, 0.29) is 24.4 Å². The van der Waals surface area contributed by atoms with Crippen LogP contribution in [0.5, 0.6) is 0 Å². The number of carbonyl (C=O) groups excluding carboxylic acids is 2. The van der Waals surface area contributed by atoms with Crippen LogP contribution in [0, 0.1) is 11.8 Å². The van der Waals surface area contributed by atoms with Gasteiger partial charge in [-0.3, -0.25) is 9.59 Å². The van der Waals surface area contributed by atoms with E-state index in [0.717, 1.165) is 45.3 Å². The van der Waals surface area contributed by atoms with Crippen molar-refractivity contribution in [3.05, 3.63) is 0 Å². The fraction of sp³-hybridized carbons (Fsp3) is 0.870. The van der Waals surface area contributed by atoms with E-state index in [1.165, 1.54) is 32.1 Å². The zero-order valence-electron chi connectivity index (χ0n) is 19.6. The monoisotopic (exact) mass is 421 g/mol. The summed E-state index contributed by atoms with van der Waals surface area (Å²) in [5.41, 5.74) is 0. The fourth-order valence-electron chi connectivity index (χ4n) is 4.33. The number of carbonyl (C=O) groups is 2. The largest absolute Gasteiger partial charge is 0.356 e. The van der Waals surface area contributed by atoms with Crippen LogP contribution in [-0.4, -0.2) is 73.9 Å². The highest BCUT2D eigenvalue weighted by Gasteiger charge is 2.32. The van der Waals surface area contributed by atoms with Crippen LogP contribution in [0.25, 0.3) is 0 Å². The van der Waals surface area contributed by atoms with Gasteiger partial charge in [0.25, 0.3) is 0 Å². The average molecular weight is 422 g/mol. The van der Waals surface area contributed by atoms with Gasteiger partial charge in [-0.05, 0) is 31.6 Å². The lowest BCUT2D eigenvalue weighted by Gasteiger charge is -2.23. The molecule has 1 saturated carbocycles. The molecule has 2 amide bonds. The van der Waals surface area contributed by atoms with Crippen molar-refractivity contribution in [2.75, 3.05) is 40.3 Å². The Hall–Kier alpha value is -1.79. The second-order valence-corrected chi connectivity index (χ2v) is 9.15. The van der Waals surface area contributed by atoms with Gasteiger partial charge >= 0.3 is 0 Å². The standard InChI is InChI=1S/C23H43N5O2/c1-5-7-10-18(6-2)15-24-23(25-16-21(29)27(3)4)26-20-13-14-28(17-20)22(30)19-11-8-9-12-19/h18-20H,5-17H2,1-4H3,(H2,24,25,26). The molecule has 0 aromatic heterocycles. The van der Waals surface area contributed by atoms with Crippen LogP contribution in [0.1, 0.15) is 71.6 Å². The lowest BCUT2D eigenvalue weighted by Crippen LogP contribution is -2.47. The maximum Gasteiger partial charge on any atom is 0.243 e. The first kappa shape index (κ1) is 24.5. The molecule has 2 fully saturated rings. The molecule has 0 bridgehead atoms. The van der Waals surface area contributed by atoms with Crippen molar-refractivity contribution in [1.29, 1.82) is 0 Å². The summed E-state index contributed by atoms with van der Waals surface area (Å²) in [5, 5.41) is 6.96. The normalized spacial score (nSPS) is 21.0. The zero-order chi connectivity index (χ0) is 21.9. The zero-order valence-corrected chi connectivity index (χ0v) is 19.6. The van der Waals surface area contributed by atoms with Gasteiger partial charge in [-0.1, -0.05) is 46.0 Å². The van der Waals surface area contributed by atoms with E-state index >= 15 is 0 Å². The fourth-order valence-corrected chi connectivity index (χ4v) is 4.33. The van der Waals surface area contributed by atoms with E-state index < -0.39 is 0 Å². The summed E-state index contributed by atoms with van der Waals surface area (Å²) in [6.07, 6.45) is 10.2. The molecule has 0 radical (unpaired) electrons. The summed E-state index contributed by atoms with van der Waals surface area (Å²) >= 11 is 0. The molecule has 2 rings (SSSR count). The Morgan fingerprint density at radius 1 is 1.17 bits per heavy atom. The number of likely N-dealkylation sites (N-methyl/N-ethyl adjacent to an activating group) is 1. The number of nitrogens with zero attached hydrogens (tertiary/aromatic N) is 3. The first-order valence-electron chi connectivity index (χ1n) is 12.0. The van der Waals surface area contributed by atoms with Crippen molar-refractivity contribution in [2.45, 2.75) is 77.7 Å². The van der Waals surface area contributed by atoms with Crippen molar-refractivity contribution in [3.8, 4) is 0 Å². The molecule has 2 aliphatic rings. The molecule has 1 aliphatic carbocycles. The Bertz CT molecular complexity index is 572. The molecular formula is C23H43N5O2. The van der Waals surface area contributed by atoms with Crippen LogP contribution in [0.4, 0.5) is 0 Å². The minimum Gasteiger partial charge on any atom is -0.356 e. The molecule has 7 nitrogen and oxygen atoms in total. The summed E-state index contributed by atoms with van der Waals surface area (Å²) in [7, 11) is 3.50. The van der Waals surface area contributed by atoms with E-state index in [1.807, 2.05) is 4.90 Å². The molecule has 30 heavy (non-hydrogen) atoms. The van der Waals surface area contributed by atoms with Gasteiger partial charge in [-0.15, -0.1) is 0 Å². The van der Waals surface area contributed by atoms with Gasteiger partial charge in [0.2, 0.25) is 11.8 Å². The SMILES string of the molecule is CCCCC(CC)CNC(=NCC(=O)N(C)C)NC1CCN(C(=O)C2CCCC2)C1. The Kier molecular flexibility index (Phi) is 10.4. The van der Waals surface area contributed by atoms with Crippen LogP contribution in [0.15, 0.2) is 4.99 Å². The van der Waals surface area contributed by atoms with E-state index in [4.69, 9.17) is 0 Å². The molecule has 1 aliphatic heterocycles. The van der Waals surface area contributed by atoms with Crippen LogP contribution >= 0.6 is 0 Å². The second kappa shape index (κ2) is 12.8. The number of aliphatic imine (C=N–C) groups is 1. The molecule has 2 atom stereocenters. The molecular weight excluding hydrogens is 378 g/mol. The number of hydrogen-bond acceptors (Lipinski definition) is 3. The first-order chi connectivity index (χ1) is 14.4. The summed E-state index contributed by atoms with van der Waals surface area (Å²) in [6, 6.07) is 0.187. The lowest BCUT2D eigenvalue weighted by molar-refractivity contribution is -0.134. The summed E-state index contributed by atoms with van der Waals surface area (Å²) in [5.74, 6) is 1.85. The van der Waals surface area contributed by atoms with E-state index in [2.05, 4.69) is 29.5 Å². The third kappa shape index (κ3) is 7.80. The van der Waals surface area contributed by atoms with Crippen molar-refractivity contribution >= 4 is 17.8 Å². The molecule has 2 N–H and O–H groups in total. The molecule has 0 spiro atoms. The summed E-state index contributed by atoms with van der Waals surface area (Å²) < 4.78 is 0. The highest BCUT2D eigenvalue weighted by atomic mass is 16.2. The topological polar surface area (TPSA) is 77.0 Å². The van der Waals surface area contributed by atoms with Crippen molar-refractivity contribution in [3.63, 3.8) is 0 Å². The highest BCUT2D eigenvalue weighted by Crippen LogP contribution is 2.27. The third-order valence-electron chi connectivity index (χ3n) is 6.52. The summed E-state index contributed by atoms with van der Waals surface area (Å²) in [6.45, 7) is 6.97. The third-order valence-corrected chi connectivity index (χ3v) is 6.52. The molecule has 0 aromatic carbocycles.